The number of aromatic hydroxyl groups is 1. The largest absolute Gasteiger partial charge is 0.508 e. The molecule has 1 amide bonds. The average molecular weight is 208 g/mol. The van der Waals surface area contributed by atoms with Crippen LogP contribution < -0.4 is 10.6 Å². The van der Waals surface area contributed by atoms with Crippen molar-refractivity contribution in [3.63, 3.8) is 0 Å². The fraction of sp³-hybridized carbons (Fsp3) is 0.300. The van der Waals surface area contributed by atoms with Gasteiger partial charge in [0.15, 0.2) is 0 Å². The second kappa shape index (κ2) is 3.78. The summed E-state index contributed by atoms with van der Waals surface area (Å²) >= 11 is 0. The van der Waals surface area contributed by atoms with Gasteiger partial charge in [0.2, 0.25) is 0 Å². The quantitative estimate of drug-likeness (QED) is 0.550. The normalized spacial score (nSPS) is 19.3. The van der Waals surface area contributed by atoms with Crippen LogP contribution in [0.3, 0.4) is 0 Å². The van der Waals surface area contributed by atoms with Gasteiger partial charge in [0.05, 0.1) is 0 Å². The Hall–Kier alpha value is -1.75. The van der Waals surface area contributed by atoms with Crippen LogP contribution in [0.2, 0.25) is 0 Å². The number of phenolic OH excluding ortho intramolecular Hbond substituents is 1. The molecule has 0 aromatic heterocycles. The number of fused-ring (bicyclic) bond motifs is 1. The predicted octanol–water partition coefficient (Wildman–Crippen LogP) is 0.804. The molecular formula is C10H12N2O3. The molecule has 0 fully saturated rings. The van der Waals surface area contributed by atoms with Gasteiger partial charge in [0, 0.05) is 6.54 Å². The minimum absolute atomic E-state index is 0.213. The van der Waals surface area contributed by atoms with E-state index in [0.717, 1.165) is 17.5 Å². The molecule has 0 spiro atoms. The third-order valence-electron chi connectivity index (χ3n) is 2.45. The first-order valence-corrected chi connectivity index (χ1v) is 4.71. The molecule has 1 aliphatic heterocycles. The molecule has 1 aromatic rings. The van der Waals surface area contributed by atoms with Crippen LogP contribution in [0.5, 0.6) is 5.75 Å². The van der Waals surface area contributed by atoms with E-state index >= 15 is 0 Å². The lowest BCUT2D eigenvalue weighted by Crippen LogP contribution is -2.41. The summed E-state index contributed by atoms with van der Waals surface area (Å²) < 4.78 is 0. The number of benzene rings is 1. The highest BCUT2D eigenvalue weighted by Gasteiger charge is 2.20. The monoisotopic (exact) mass is 208 g/mol. The van der Waals surface area contributed by atoms with Gasteiger partial charge in [-0.05, 0) is 29.7 Å². The van der Waals surface area contributed by atoms with Crippen molar-refractivity contribution in [2.24, 2.45) is 0 Å². The molecule has 1 atom stereocenters. The van der Waals surface area contributed by atoms with Gasteiger partial charge in [-0.3, -0.25) is 5.32 Å². The maximum atomic E-state index is 10.5. The number of phenols is 1. The van der Waals surface area contributed by atoms with Crippen molar-refractivity contribution >= 4 is 6.09 Å². The van der Waals surface area contributed by atoms with Crippen molar-refractivity contribution in [2.75, 3.05) is 6.54 Å². The topological polar surface area (TPSA) is 81.6 Å². The molecule has 0 aliphatic carbocycles. The van der Waals surface area contributed by atoms with Crippen LogP contribution in [0.25, 0.3) is 0 Å². The lowest BCUT2D eigenvalue weighted by atomic mass is 9.98. The zero-order valence-corrected chi connectivity index (χ0v) is 8.03. The number of carbonyl (C=O) groups is 1. The molecule has 2 rings (SSSR count). The first-order chi connectivity index (χ1) is 7.16. The maximum absolute atomic E-state index is 10.5. The van der Waals surface area contributed by atoms with E-state index in [2.05, 4.69) is 10.6 Å². The Kier molecular flexibility index (Phi) is 2.47. The zero-order valence-electron chi connectivity index (χ0n) is 8.03. The number of hydrogen-bond donors (Lipinski definition) is 4. The molecule has 0 radical (unpaired) electrons. The summed E-state index contributed by atoms with van der Waals surface area (Å²) in [5, 5.41) is 23.4. The van der Waals surface area contributed by atoms with Crippen molar-refractivity contribution in [2.45, 2.75) is 12.6 Å². The van der Waals surface area contributed by atoms with Crippen LogP contribution in [-0.2, 0) is 6.42 Å². The summed E-state index contributed by atoms with van der Waals surface area (Å²) in [7, 11) is 0. The van der Waals surface area contributed by atoms with Crippen LogP contribution in [0.4, 0.5) is 4.79 Å². The Morgan fingerprint density at radius 1 is 1.53 bits per heavy atom. The smallest absolute Gasteiger partial charge is 0.406 e. The predicted molar refractivity (Wildman–Crippen MR) is 53.7 cm³/mol. The average Bonchev–Trinajstić information content (AvgIpc) is 2.16. The van der Waals surface area contributed by atoms with E-state index in [1.807, 2.05) is 0 Å². The van der Waals surface area contributed by atoms with Gasteiger partial charge in [-0.2, -0.15) is 0 Å². The van der Waals surface area contributed by atoms with Crippen molar-refractivity contribution in [1.82, 2.24) is 10.6 Å². The minimum Gasteiger partial charge on any atom is -0.508 e. The maximum Gasteiger partial charge on any atom is 0.406 e. The second-order valence-corrected chi connectivity index (χ2v) is 3.47. The number of rotatable bonds is 1. The summed E-state index contributed by atoms with van der Waals surface area (Å²) in [5.41, 5.74) is 1.86. The molecule has 1 aromatic carbocycles. The molecule has 0 saturated carbocycles. The molecule has 1 heterocycles. The Bertz CT molecular complexity index is 392. The molecular weight excluding hydrogens is 196 g/mol. The van der Waals surface area contributed by atoms with E-state index in [-0.39, 0.29) is 11.9 Å². The third kappa shape index (κ3) is 2.02. The highest BCUT2D eigenvalue weighted by molar-refractivity contribution is 5.65. The Morgan fingerprint density at radius 3 is 3.07 bits per heavy atom. The zero-order chi connectivity index (χ0) is 10.8. The van der Waals surface area contributed by atoms with Gasteiger partial charge >= 0.3 is 6.09 Å². The molecule has 5 heteroatoms. The van der Waals surface area contributed by atoms with Crippen molar-refractivity contribution < 1.29 is 15.0 Å². The highest BCUT2D eigenvalue weighted by Crippen LogP contribution is 2.24. The van der Waals surface area contributed by atoms with E-state index < -0.39 is 6.09 Å². The molecule has 5 nitrogen and oxygen atoms in total. The highest BCUT2D eigenvalue weighted by atomic mass is 16.4. The van der Waals surface area contributed by atoms with Gasteiger partial charge in [0.1, 0.15) is 11.9 Å². The Morgan fingerprint density at radius 2 is 2.33 bits per heavy atom. The minimum atomic E-state index is -1.06. The number of hydrogen-bond acceptors (Lipinski definition) is 3. The molecule has 15 heavy (non-hydrogen) atoms. The molecule has 0 bridgehead atoms. The SMILES string of the molecule is O=C(O)NC1NCCc2cc(O)ccc21. The van der Waals surface area contributed by atoms with Crippen LogP contribution >= 0.6 is 0 Å². The molecule has 1 unspecified atom stereocenters. The lowest BCUT2D eigenvalue weighted by molar-refractivity contribution is 0.186. The number of carboxylic acid groups (broad SMARTS) is 1. The van der Waals surface area contributed by atoms with E-state index in [9.17, 15) is 9.90 Å². The third-order valence-corrected chi connectivity index (χ3v) is 2.45. The Labute approximate surface area is 86.7 Å². The van der Waals surface area contributed by atoms with Crippen LogP contribution in [0.1, 0.15) is 17.3 Å². The van der Waals surface area contributed by atoms with Gasteiger partial charge in [0.25, 0.3) is 0 Å². The van der Waals surface area contributed by atoms with Gasteiger partial charge in [-0.25, -0.2) is 4.79 Å². The van der Waals surface area contributed by atoms with Crippen LogP contribution in [0, 0.1) is 0 Å². The lowest BCUT2D eigenvalue weighted by Gasteiger charge is -2.26. The van der Waals surface area contributed by atoms with Crippen molar-refractivity contribution in [1.29, 1.82) is 0 Å². The fourth-order valence-electron chi connectivity index (χ4n) is 1.80. The second-order valence-electron chi connectivity index (χ2n) is 3.47. The van der Waals surface area contributed by atoms with Gasteiger partial charge in [-0.15, -0.1) is 0 Å². The fourth-order valence-corrected chi connectivity index (χ4v) is 1.80. The number of nitrogens with one attached hydrogen (secondary N) is 2. The first kappa shape index (κ1) is 9.79. The van der Waals surface area contributed by atoms with Crippen molar-refractivity contribution in [3.05, 3.63) is 29.3 Å². The van der Waals surface area contributed by atoms with Gasteiger partial charge in [-0.1, -0.05) is 6.07 Å². The summed E-state index contributed by atoms with van der Waals surface area (Å²) in [5.74, 6) is 0.213. The van der Waals surface area contributed by atoms with Gasteiger partial charge < -0.3 is 15.5 Å². The van der Waals surface area contributed by atoms with Crippen LogP contribution in [0.15, 0.2) is 18.2 Å². The van der Waals surface area contributed by atoms with E-state index in [1.54, 1.807) is 18.2 Å². The number of amides is 1. The van der Waals surface area contributed by atoms with E-state index in [1.165, 1.54) is 0 Å². The van der Waals surface area contributed by atoms with E-state index in [0.29, 0.717) is 6.54 Å². The Balaban J connectivity index is 2.30. The van der Waals surface area contributed by atoms with Crippen LogP contribution in [-0.4, -0.2) is 22.9 Å². The molecule has 0 saturated heterocycles. The summed E-state index contributed by atoms with van der Waals surface area (Å²) in [6.45, 7) is 0.696. The molecule has 1 aliphatic rings. The summed E-state index contributed by atoms with van der Waals surface area (Å²) in [6.07, 6.45) is -0.651. The summed E-state index contributed by atoms with van der Waals surface area (Å²) in [6, 6.07) is 4.96. The summed E-state index contributed by atoms with van der Waals surface area (Å²) in [4.78, 5) is 10.5. The first-order valence-electron chi connectivity index (χ1n) is 4.71. The molecule has 80 valence electrons. The standard InChI is InChI=1S/C10H12N2O3/c13-7-1-2-8-6(5-7)3-4-11-9(8)12-10(14)15/h1-2,5,9,11-13H,3-4H2,(H,14,15). The van der Waals surface area contributed by atoms with E-state index in [4.69, 9.17) is 5.11 Å². The van der Waals surface area contributed by atoms with Crippen molar-refractivity contribution in [3.8, 4) is 5.75 Å². The molecule has 4 N–H and O–H groups in total.